The van der Waals surface area contributed by atoms with Crippen LogP contribution in [0.1, 0.15) is 48.0 Å². The molecule has 0 unspecified atom stereocenters. The molecule has 4 rings (SSSR count). The molecule has 1 aliphatic heterocycles. The molecule has 1 amide bonds. The molecule has 5 nitrogen and oxygen atoms in total. The second-order valence-electron chi connectivity index (χ2n) is 6.89. The molecule has 2 aromatic heterocycles. The monoisotopic (exact) mass is 352 g/mol. The van der Waals surface area contributed by atoms with Crippen molar-refractivity contribution in [3.8, 4) is 5.75 Å². The van der Waals surface area contributed by atoms with Gasteiger partial charge in [0.1, 0.15) is 17.2 Å². The Hall–Kier alpha value is -2.69. The van der Waals surface area contributed by atoms with E-state index in [0.717, 1.165) is 54.6 Å². The van der Waals surface area contributed by atoms with E-state index in [1.165, 1.54) is 0 Å². The average Bonchev–Trinajstić information content (AvgIpc) is 3.23. The number of fused-ring (bicyclic) bond motifs is 1. The van der Waals surface area contributed by atoms with E-state index in [1.54, 1.807) is 13.4 Å². The molecule has 1 aromatic carbocycles. The molecule has 0 radical (unpaired) electrons. The SMILES string of the molecule is COc1ccc2c(c1)cc(C(=O)N1CCCCC[C@@H]1c1ccco1)n2C. The fourth-order valence-electron chi connectivity index (χ4n) is 3.93. The molecule has 1 aliphatic rings. The Labute approximate surface area is 153 Å². The minimum Gasteiger partial charge on any atom is -0.497 e. The van der Waals surface area contributed by atoms with Gasteiger partial charge in [0.15, 0.2) is 0 Å². The van der Waals surface area contributed by atoms with Gasteiger partial charge in [0.25, 0.3) is 5.91 Å². The molecular weight excluding hydrogens is 328 g/mol. The summed E-state index contributed by atoms with van der Waals surface area (Å²) in [7, 11) is 3.60. The molecule has 1 saturated heterocycles. The lowest BCUT2D eigenvalue weighted by Gasteiger charge is -2.28. The number of carbonyl (C=O) groups is 1. The highest BCUT2D eigenvalue weighted by Gasteiger charge is 2.30. The first kappa shape index (κ1) is 16.8. The fraction of sp³-hybridized carbons (Fsp3) is 0.381. The number of hydrogen-bond donors (Lipinski definition) is 0. The van der Waals surface area contributed by atoms with Gasteiger partial charge in [0.05, 0.1) is 19.4 Å². The number of benzene rings is 1. The zero-order valence-electron chi connectivity index (χ0n) is 15.3. The molecule has 0 saturated carbocycles. The van der Waals surface area contributed by atoms with Gasteiger partial charge in [-0.15, -0.1) is 0 Å². The second-order valence-corrected chi connectivity index (χ2v) is 6.89. The first-order valence-electron chi connectivity index (χ1n) is 9.17. The van der Waals surface area contributed by atoms with Crippen LogP contribution in [0.4, 0.5) is 0 Å². The number of aromatic nitrogens is 1. The summed E-state index contributed by atoms with van der Waals surface area (Å²) < 4.78 is 12.9. The number of likely N-dealkylation sites (tertiary alicyclic amines) is 1. The minimum absolute atomic E-state index is 0.00699. The molecule has 0 spiro atoms. The third-order valence-corrected chi connectivity index (χ3v) is 5.35. The van der Waals surface area contributed by atoms with Crippen molar-refractivity contribution in [2.24, 2.45) is 7.05 Å². The number of aryl methyl sites for hydroxylation is 1. The highest BCUT2D eigenvalue weighted by atomic mass is 16.5. The van der Waals surface area contributed by atoms with Crippen LogP contribution in [0.25, 0.3) is 10.9 Å². The standard InChI is InChI=1S/C21H24N2O3/c1-22-17-10-9-16(25-2)13-15(17)14-19(22)21(24)23-11-5-3-4-7-18(23)20-8-6-12-26-20/h6,8-10,12-14,18H,3-5,7,11H2,1-2H3/t18-/m1/s1. The van der Waals surface area contributed by atoms with Gasteiger partial charge in [-0.1, -0.05) is 12.8 Å². The van der Waals surface area contributed by atoms with E-state index in [2.05, 4.69) is 0 Å². The van der Waals surface area contributed by atoms with E-state index < -0.39 is 0 Å². The quantitative estimate of drug-likeness (QED) is 0.695. The van der Waals surface area contributed by atoms with Gasteiger partial charge in [0, 0.05) is 24.5 Å². The largest absolute Gasteiger partial charge is 0.497 e. The summed E-state index contributed by atoms with van der Waals surface area (Å²) in [6, 6.07) is 11.7. The lowest BCUT2D eigenvalue weighted by Crippen LogP contribution is -2.35. The summed E-state index contributed by atoms with van der Waals surface area (Å²) in [5.74, 6) is 1.73. The van der Waals surface area contributed by atoms with Crippen LogP contribution in [-0.2, 0) is 7.05 Å². The number of methoxy groups -OCH3 is 1. The van der Waals surface area contributed by atoms with E-state index in [4.69, 9.17) is 9.15 Å². The zero-order chi connectivity index (χ0) is 18.1. The molecule has 0 bridgehead atoms. The highest BCUT2D eigenvalue weighted by Crippen LogP contribution is 2.33. The molecule has 0 aliphatic carbocycles. The predicted octanol–water partition coefficient (Wildman–Crippen LogP) is 4.54. The first-order chi connectivity index (χ1) is 12.7. The Kier molecular flexibility index (Phi) is 4.45. The van der Waals surface area contributed by atoms with Crippen molar-refractivity contribution in [3.05, 3.63) is 54.1 Å². The minimum atomic E-state index is 0.00699. The Bertz CT molecular complexity index is 911. The number of hydrogen-bond acceptors (Lipinski definition) is 3. The average molecular weight is 352 g/mol. The zero-order valence-corrected chi connectivity index (χ0v) is 15.3. The molecule has 1 fully saturated rings. The van der Waals surface area contributed by atoms with Crippen molar-refractivity contribution < 1.29 is 13.9 Å². The predicted molar refractivity (Wildman–Crippen MR) is 100 cm³/mol. The van der Waals surface area contributed by atoms with E-state index in [1.807, 2.05) is 52.9 Å². The number of nitrogens with zero attached hydrogens (tertiary/aromatic N) is 2. The van der Waals surface area contributed by atoms with Crippen LogP contribution in [0.3, 0.4) is 0 Å². The van der Waals surface area contributed by atoms with Gasteiger partial charge in [-0.05, 0) is 49.2 Å². The molecule has 5 heteroatoms. The van der Waals surface area contributed by atoms with Crippen LogP contribution in [-0.4, -0.2) is 29.0 Å². The van der Waals surface area contributed by atoms with Crippen molar-refractivity contribution in [3.63, 3.8) is 0 Å². The van der Waals surface area contributed by atoms with E-state index in [0.29, 0.717) is 5.69 Å². The Balaban J connectivity index is 1.73. The van der Waals surface area contributed by atoms with Gasteiger partial charge in [-0.3, -0.25) is 4.79 Å². The van der Waals surface area contributed by atoms with Gasteiger partial charge in [-0.2, -0.15) is 0 Å². The summed E-state index contributed by atoms with van der Waals surface area (Å²) in [5, 5.41) is 1.01. The lowest BCUT2D eigenvalue weighted by atomic mass is 10.1. The van der Waals surface area contributed by atoms with Crippen molar-refractivity contribution in [2.45, 2.75) is 31.7 Å². The molecule has 3 aromatic rings. The van der Waals surface area contributed by atoms with Crippen molar-refractivity contribution >= 4 is 16.8 Å². The van der Waals surface area contributed by atoms with Crippen molar-refractivity contribution in [2.75, 3.05) is 13.7 Å². The normalized spacial score (nSPS) is 18.1. The van der Waals surface area contributed by atoms with Crippen LogP contribution >= 0.6 is 0 Å². The van der Waals surface area contributed by atoms with Crippen LogP contribution in [0.15, 0.2) is 47.1 Å². The number of rotatable bonds is 3. The summed E-state index contributed by atoms with van der Waals surface area (Å²) in [6.45, 7) is 0.759. The smallest absolute Gasteiger partial charge is 0.271 e. The highest BCUT2D eigenvalue weighted by molar-refractivity contribution is 5.99. The van der Waals surface area contributed by atoms with E-state index in [-0.39, 0.29) is 11.9 Å². The molecule has 3 heterocycles. The van der Waals surface area contributed by atoms with Gasteiger partial charge in [-0.25, -0.2) is 0 Å². The fourth-order valence-corrected chi connectivity index (χ4v) is 3.93. The van der Waals surface area contributed by atoms with Gasteiger partial charge < -0.3 is 18.6 Å². The van der Waals surface area contributed by atoms with Crippen LogP contribution < -0.4 is 4.74 Å². The van der Waals surface area contributed by atoms with E-state index >= 15 is 0 Å². The van der Waals surface area contributed by atoms with Gasteiger partial charge in [0.2, 0.25) is 0 Å². The molecule has 0 N–H and O–H groups in total. The molecule has 136 valence electrons. The maximum Gasteiger partial charge on any atom is 0.271 e. The second kappa shape index (κ2) is 6.90. The van der Waals surface area contributed by atoms with Gasteiger partial charge >= 0.3 is 0 Å². The maximum atomic E-state index is 13.4. The number of ether oxygens (including phenoxy) is 1. The molecule has 1 atom stereocenters. The Morgan fingerprint density at radius 2 is 2.08 bits per heavy atom. The maximum absolute atomic E-state index is 13.4. The molecule has 26 heavy (non-hydrogen) atoms. The molecular formula is C21H24N2O3. The van der Waals surface area contributed by atoms with Crippen molar-refractivity contribution in [1.29, 1.82) is 0 Å². The summed E-state index contributed by atoms with van der Waals surface area (Å²) >= 11 is 0. The summed E-state index contributed by atoms with van der Waals surface area (Å²) in [6.07, 6.45) is 5.92. The Morgan fingerprint density at radius 1 is 1.19 bits per heavy atom. The van der Waals surface area contributed by atoms with Crippen LogP contribution in [0.2, 0.25) is 0 Å². The van der Waals surface area contributed by atoms with Crippen molar-refractivity contribution in [1.82, 2.24) is 9.47 Å². The van der Waals surface area contributed by atoms with E-state index in [9.17, 15) is 4.79 Å². The summed E-state index contributed by atoms with van der Waals surface area (Å²) in [5.41, 5.74) is 1.73. The van der Waals surface area contributed by atoms with Crippen LogP contribution in [0, 0.1) is 0 Å². The number of amides is 1. The first-order valence-corrected chi connectivity index (χ1v) is 9.17. The Morgan fingerprint density at radius 3 is 2.85 bits per heavy atom. The third-order valence-electron chi connectivity index (χ3n) is 5.35. The topological polar surface area (TPSA) is 47.6 Å². The number of furan rings is 1. The lowest BCUT2D eigenvalue weighted by molar-refractivity contribution is 0.0649. The third kappa shape index (κ3) is 2.87. The van der Waals surface area contributed by atoms with Crippen LogP contribution in [0.5, 0.6) is 5.75 Å². The summed E-state index contributed by atoms with van der Waals surface area (Å²) in [4.78, 5) is 15.4. The number of carbonyl (C=O) groups excluding carboxylic acids is 1.